The molecular weight excluding hydrogens is 440 g/mol. The third-order valence-corrected chi connectivity index (χ3v) is 7.88. The average Bonchev–Trinajstić information content (AvgIpc) is 3.13. The molecule has 0 saturated carbocycles. The van der Waals surface area contributed by atoms with Crippen molar-refractivity contribution in [3.05, 3.63) is 47.5 Å². The molecule has 33 heavy (non-hydrogen) atoms. The predicted molar refractivity (Wildman–Crippen MR) is 127 cm³/mol. The quantitative estimate of drug-likeness (QED) is 0.544. The van der Waals surface area contributed by atoms with Gasteiger partial charge in [0.05, 0.1) is 5.75 Å². The van der Waals surface area contributed by atoms with Gasteiger partial charge in [-0.15, -0.1) is 0 Å². The van der Waals surface area contributed by atoms with Gasteiger partial charge in [0.25, 0.3) is 0 Å². The summed E-state index contributed by atoms with van der Waals surface area (Å²) in [5, 5.41) is 0. The van der Waals surface area contributed by atoms with Gasteiger partial charge < -0.3 is 14.2 Å². The Balaban J connectivity index is 1.35. The van der Waals surface area contributed by atoms with Crippen molar-refractivity contribution in [1.82, 2.24) is 14.9 Å². The summed E-state index contributed by atoms with van der Waals surface area (Å²) in [4.78, 5) is 25.9. The third kappa shape index (κ3) is 4.88. The molecule has 4 rings (SSSR count). The molecule has 1 saturated heterocycles. The molecule has 176 valence electrons. The lowest BCUT2D eigenvalue weighted by Crippen LogP contribution is -2.54. The summed E-state index contributed by atoms with van der Waals surface area (Å²) in [6, 6.07) is 7.06. The van der Waals surface area contributed by atoms with Gasteiger partial charge in [0, 0.05) is 45.2 Å². The number of hydrogen-bond acceptors (Lipinski definition) is 7. The summed E-state index contributed by atoms with van der Waals surface area (Å²) in [6.07, 6.45) is 2.32. The van der Waals surface area contributed by atoms with E-state index in [2.05, 4.69) is 27.9 Å². The van der Waals surface area contributed by atoms with Crippen molar-refractivity contribution in [3.63, 3.8) is 0 Å². The van der Waals surface area contributed by atoms with E-state index in [4.69, 9.17) is 4.42 Å². The number of para-hydroxylation sites is 1. The first kappa shape index (κ1) is 23.2. The van der Waals surface area contributed by atoms with E-state index in [9.17, 15) is 13.2 Å². The van der Waals surface area contributed by atoms with Crippen LogP contribution in [0.15, 0.2) is 39.8 Å². The summed E-state index contributed by atoms with van der Waals surface area (Å²) in [5.41, 5.74) is 3.06. The van der Waals surface area contributed by atoms with Crippen LogP contribution in [0.3, 0.4) is 0 Å². The minimum Gasteiger partial charge on any atom is -0.440 e. The zero-order chi connectivity index (χ0) is 23.8. The Labute approximate surface area is 194 Å². The fraction of sp³-hybridized carbons (Fsp3) is 0.458. The first-order valence-electron chi connectivity index (χ1n) is 11.2. The Morgan fingerprint density at radius 3 is 2.73 bits per heavy atom. The van der Waals surface area contributed by atoms with E-state index in [1.54, 1.807) is 19.1 Å². The Hall–Kier alpha value is -2.94. The van der Waals surface area contributed by atoms with E-state index in [0.717, 1.165) is 16.9 Å². The van der Waals surface area contributed by atoms with Crippen LogP contribution in [0.25, 0.3) is 11.1 Å². The zero-order valence-corrected chi connectivity index (χ0v) is 20.4. The third-order valence-electron chi connectivity index (χ3n) is 6.06. The molecule has 2 aromatic heterocycles. The van der Waals surface area contributed by atoms with Crippen molar-refractivity contribution in [2.45, 2.75) is 51.5 Å². The van der Waals surface area contributed by atoms with Gasteiger partial charge >= 0.3 is 0 Å². The minimum absolute atomic E-state index is 0.0142. The number of hydrogen-bond donors (Lipinski definition) is 0. The fourth-order valence-corrected chi connectivity index (χ4v) is 5.97. The van der Waals surface area contributed by atoms with Gasteiger partial charge in [0.1, 0.15) is 16.2 Å². The summed E-state index contributed by atoms with van der Waals surface area (Å²) < 4.78 is 31.3. The molecule has 0 unspecified atom stereocenters. The monoisotopic (exact) mass is 470 g/mol. The van der Waals surface area contributed by atoms with Crippen molar-refractivity contribution < 1.29 is 17.6 Å². The molecule has 1 aliphatic heterocycles. The smallest absolute Gasteiger partial charge is 0.222 e. The topological polar surface area (TPSA) is 96.6 Å². The van der Waals surface area contributed by atoms with Gasteiger partial charge in [-0.25, -0.2) is 18.4 Å². The maximum atomic E-state index is 12.9. The second-order valence-corrected chi connectivity index (χ2v) is 10.9. The van der Waals surface area contributed by atoms with Crippen LogP contribution in [0.4, 0.5) is 5.82 Å². The maximum Gasteiger partial charge on any atom is 0.222 e. The largest absolute Gasteiger partial charge is 0.440 e. The van der Waals surface area contributed by atoms with Gasteiger partial charge in [-0.3, -0.25) is 4.79 Å². The molecule has 9 heteroatoms. The molecule has 0 radical (unpaired) electrons. The number of carbonyl (C=O) groups excluding carboxylic acids is 1. The Kier molecular flexibility index (Phi) is 6.43. The van der Waals surface area contributed by atoms with Crippen molar-refractivity contribution in [3.8, 4) is 0 Å². The highest BCUT2D eigenvalue weighted by molar-refractivity contribution is 7.91. The first-order chi connectivity index (χ1) is 15.7. The normalized spacial score (nSPS) is 17.0. The van der Waals surface area contributed by atoms with E-state index in [0.29, 0.717) is 31.0 Å². The van der Waals surface area contributed by atoms with Crippen LogP contribution in [0.5, 0.6) is 0 Å². The number of benzene rings is 1. The van der Waals surface area contributed by atoms with Crippen molar-refractivity contribution in [1.29, 1.82) is 0 Å². The summed E-state index contributed by atoms with van der Waals surface area (Å²) >= 11 is 0. The highest BCUT2D eigenvalue weighted by Gasteiger charge is 2.29. The van der Waals surface area contributed by atoms with Gasteiger partial charge in [-0.05, 0) is 50.5 Å². The molecule has 3 aromatic rings. The standard InChI is InChI=1S/C24H30N4O4S/c1-16-13-17(2)24(25-14-16)27-10-11-28(18(3)15-27)22(29)9-6-12-33(30,31)21-8-5-7-20-23(21)32-19(4)26-20/h5,7-8,13-14,18H,6,9-12,15H2,1-4H3/t18-/m0/s1. The Morgan fingerprint density at radius 2 is 2.00 bits per heavy atom. The predicted octanol–water partition coefficient (Wildman–Crippen LogP) is 3.44. The number of anilines is 1. The minimum atomic E-state index is -3.59. The second kappa shape index (κ2) is 9.13. The van der Waals surface area contributed by atoms with Crippen molar-refractivity contribution >= 4 is 32.7 Å². The van der Waals surface area contributed by atoms with Gasteiger partial charge in [0.15, 0.2) is 21.3 Å². The molecule has 1 amide bonds. The van der Waals surface area contributed by atoms with Gasteiger partial charge in [-0.1, -0.05) is 12.1 Å². The molecule has 1 atom stereocenters. The van der Waals surface area contributed by atoms with Crippen LogP contribution >= 0.6 is 0 Å². The first-order valence-corrected chi connectivity index (χ1v) is 12.9. The molecule has 0 spiro atoms. The average molecular weight is 471 g/mol. The van der Waals surface area contributed by atoms with Crippen LogP contribution in [0.2, 0.25) is 0 Å². The zero-order valence-electron chi connectivity index (χ0n) is 19.5. The highest BCUT2D eigenvalue weighted by Crippen LogP contribution is 2.26. The fourth-order valence-electron chi connectivity index (χ4n) is 4.51. The molecular formula is C24H30N4O4S. The number of oxazole rings is 1. The lowest BCUT2D eigenvalue weighted by atomic mass is 10.1. The molecule has 1 aromatic carbocycles. The molecule has 1 aliphatic rings. The second-order valence-electron chi connectivity index (χ2n) is 8.80. The number of amides is 1. The van der Waals surface area contributed by atoms with Crippen LogP contribution in [-0.4, -0.2) is 60.6 Å². The number of carbonyl (C=O) groups is 1. The maximum absolute atomic E-state index is 12.9. The number of piperazine rings is 1. The van der Waals surface area contributed by atoms with Crippen molar-refractivity contribution in [2.24, 2.45) is 0 Å². The number of nitrogens with zero attached hydrogens (tertiary/aromatic N) is 4. The van der Waals surface area contributed by atoms with E-state index in [1.807, 2.05) is 24.9 Å². The van der Waals surface area contributed by atoms with E-state index in [-0.39, 0.29) is 41.0 Å². The summed E-state index contributed by atoms with van der Waals surface area (Å²) in [5.74, 6) is 1.26. The van der Waals surface area contributed by atoms with Gasteiger partial charge in [0.2, 0.25) is 5.91 Å². The number of pyridine rings is 1. The van der Waals surface area contributed by atoms with E-state index < -0.39 is 9.84 Å². The number of aryl methyl sites for hydroxylation is 3. The van der Waals surface area contributed by atoms with Gasteiger partial charge in [-0.2, -0.15) is 0 Å². The van der Waals surface area contributed by atoms with Crippen LogP contribution in [-0.2, 0) is 14.6 Å². The summed E-state index contributed by atoms with van der Waals surface area (Å²) in [6.45, 7) is 9.79. The van der Waals surface area contributed by atoms with Crippen LogP contribution < -0.4 is 4.90 Å². The summed E-state index contributed by atoms with van der Waals surface area (Å²) in [7, 11) is -3.59. The van der Waals surface area contributed by atoms with Crippen LogP contribution in [0.1, 0.15) is 36.8 Å². The number of sulfone groups is 1. The lowest BCUT2D eigenvalue weighted by molar-refractivity contribution is -0.133. The molecule has 3 heterocycles. The molecule has 0 bridgehead atoms. The molecule has 1 fully saturated rings. The molecule has 0 N–H and O–H groups in total. The molecule has 0 aliphatic carbocycles. The Morgan fingerprint density at radius 1 is 1.21 bits per heavy atom. The SMILES string of the molecule is Cc1cnc(N2CCN(C(=O)CCCS(=O)(=O)c3cccc4nc(C)oc34)[C@@H](C)C2)c(C)c1. The number of aromatic nitrogens is 2. The highest BCUT2D eigenvalue weighted by atomic mass is 32.2. The number of fused-ring (bicyclic) bond motifs is 1. The van der Waals surface area contributed by atoms with Crippen molar-refractivity contribution in [2.75, 3.05) is 30.3 Å². The Bertz CT molecular complexity index is 1280. The molecule has 8 nitrogen and oxygen atoms in total. The number of rotatable bonds is 6. The lowest BCUT2D eigenvalue weighted by Gasteiger charge is -2.41. The van der Waals surface area contributed by atoms with E-state index in [1.165, 1.54) is 6.07 Å². The van der Waals surface area contributed by atoms with E-state index >= 15 is 0 Å². The van der Waals surface area contributed by atoms with Crippen LogP contribution in [0, 0.1) is 20.8 Å².